The number of rotatable bonds is 9. The fraction of sp³-hybridized carbons (Fsp3) is 0.292. The van der Waals surface area contributed by atoms with E-state index in [1.807, 2.05) is 29.8 Å². The second kappa shape index (κ2) is 9.94. The zero-order valence-corrected chi connectivity index (χ0v) is 20.9. The average molecular weight is 499 g/mol. The van der Waals surface area contributed by atoms with Crippen LogP contribution < -0.4 is 9.64 Å². The van der Waals surface area contributed by atoms with Gasteiger partial charge in [0, 0.05) is 31.0 Å². The van der Waals surface area contributed by atoms with Gasteiger partial charge >= 0.3 is 0 Å². The van der Waals surface area contributed by atoms with Crippen LogP contribution in [0.5, 0.6) is 5.75 Å². The monoisotopic (exact) mass is 498 g/mol. The van der Waals surface area contributed by atoms with E-state index < -0.39 is 9.84 Å². The molecule has 2 aromatic heterocycles. The van der Waals surface area contributed by atoms with Gasteiger partial charge in [0.25, 0.3) is 5.91 Å². The topological polar surface area (TPSA) is 94.4 Å². The molecule has 178 valence electrons. The quantitative estimate of drug-likeness (QED) is 0.341. The van der Waals surface area contributed by atoms with Gasteiger partial charge in [-0.15, -0.1) is 0 Å². The molecule has 0 aliphatic heterocycles. The molecular formula is C24H26N4O4S2. The Bertz CT molecular complexity index is 1400. The highest BCUT2D eigenvalue weighted by Crippen LogP contribution is 2.37. The first-order chi connectivity index (χ1) is 16.3. The molecule has 0 atom stereocenters. The number of fused-ring (bicyclic) bond motifs is 1. The molecule has 0 aliphatic rings. The molecule has 0 aliphatic carbocycles. The Hall–Kier alpha value is -3.24. The Labute approximate surface area is 202 Å². The van der Waals surface area contributed by atoms with Crippen LogP contribution in [0.3, 0.4) is 0 Å². The molecule has 0 spiro atoms. The Morgan fingerprint density at radius 2 is 1.94 bits per heavy atom. The highest BCUT2D eigenvalue weighted by atomic mass is 32.2. The number of methoxy groups -OCH3 is 1. The lowest BCUT2D eigenvalue weighted by Crippen LogP contribution is -2.32. The first-order valence-corrected chi connectivity index (χ1v) is 13.4. The molecule has 10 heteroatoms. The summed E-state index contributed by atoms with van der Waals surface area (Å²) in [5.41, 5.74) is 2.18. The van der Waals surface area contributed by atoms with E-state index in [2.05, 4.69) is 4.98 Å². The summed E-state index contributed by atoms with van der Waals surface area (Å²) in [6, 6.07) is 9.95. The van der Waals surface area contributed by atoms with Crippen LogP contribution >= 0.6 is 11.3 Å². The van der Waals surface area contributed by atoms with Crippen LogP contribution in [-0.2, 0) is 16.4 Å². The van der Waals surface area contributed by atoms with Crippen molar-refractivity contribution in [3.05, 3.63) is 66.2 Å². The third-order valence-electron chi connectivity index (χ3n) is 5.59. The molecule has 4 rings (SSSR count). The fourth-order valence-corrected chi connectivity index (χ4v) is 5.58. The van der Waals surface area contributed by atoms with E-state index in [1.165, 1.54) is 23.5 Å². The number of hydrogen-bond donors (Lipinski definition) is 0. The van der Waals surface area contributed by atoms with Gasteiger partial charge in [0.1, 0.15) is 11.3 Å². The van der Waals surface area contributed by atoms with E-state index in [0.29, 0.717) is 36.0 Å². The Morgan fingerprint density at radius 1 is 1.18 bits per heavy atom. The molecule has 2 heterocycles. The number of benzene rings is 2. The number of aromatic nitrogens is 3. The molecule has 0 bridgehead atoms. The molecule has 0 radical (unpaired) electrons. The predicted molar refractivity (Wildman–Crippen MR) is 134 cm³/mol. The van der Waals surface area contributed by atoms with E-state index in [4.69, 9.17) is 9.72 Å². The van der Waals surface area contributed by atoms with E-state index in [-0.39, 0.29) is 16.6 Å². The SMILES string of the molecule is CCS(=O)(=O)c1ccc(C(=O)N(CCCn2ccnc2)c2nc3c(OC)ccc(C)c3s2)cc1. The summed E-state index contributed by atoms with van der Waals surface area (Å²) in [7, 11) is -1.74. The van der Waals surface area contributed by atoms with Gasteiger partial charge in [-0.1, -0.05) is 24.3 Å². The van der Waals surface area contributed by atoms with E-state index in [9.17, 15) is 13.2 Å². The molecular weight excluding hydrogens is 472 g/mol. The number of thiazole rings is 1. The summed E-state index contributed by atoms with van der Waals surface area (Å²) < 4.78 is 32.7. The normalized spacial score (nSPS) is 11.6. The van der Waals surface area contributed by atoms with Crippen LogP contribution in [0.15, 0.2) is 60.0 Å². The second-order valence-corrected chi connectivity index (χ2v) is 11.1. The Kier molecular flexibility index (Phi) is 6.99. The zero-order valence-electron chi connectivity index (χ0n) is 19.3. The predicted octanol–water partition coefficient (Wildman–Crippen LogP) is 4.34. The standard InChI is InChI=1S/C24H26N4O4S2/c1-4-34(30,31)19-9-7-18(8-10-19)23(29)28(14-5-13-27-15-12-25-16-27)24-26-21-20(32-3)11-6-17(2)22(21)33-24/h6-12,15-16H,4-5,13-14H2,1-3H3. The van der Waals surface area contributed by atoms with E-state index in [1.54, 1.807) is 43.6 Å². The number of ether oxygens (including phenoxy) is 1. The molecule has 0 N–H and O–H groups in total. The number of hydrogen-bond acceptors (Lipinski definition) is 7. The molecule has 0 saturated carbocycles. The summed E-state index contributed by atoms with van der Waals surface area (Å²) in [5.74, 6) is 0.429. The van der Waals surface area contributed by atoms with E-state index in [0.717, 1.165) is 15.8 Å². The third kappa shape index (κ3) is 4.83. The lowest BCUT2D eigenvalue weighted by molar-refractivity contribution is 0.0986. The number of aryl methyl sites for hydroxylation is 2. The summed E-state index contributed by atoms with van der Waals surface area (Å²) in [5, 5.41) is 0.573. The molecule has 0 fully saturated rings. The maximum atomic E-state index is 13.6. The number of carbonyl (C=O) groups is 1. The van der Waals surface area contributed by atoms with Crippen LogP contribution in [0.1, 0.15) is 29.3 Å². The Balaban J connectivity index is 1.68. The number of amides is 1. The largest absolute Gasteiger partial charge is 0.494 e. The fourth-order valence-electron chi connectivity index (χ4n) is 3.62. The van der Waals surface area contributed by atoms with Crippen LogP contribution in [0.2, 0.25) is 0 Å². The van der Waals surface area contributed by atoms with Crippen molar-refractivity contribution in [3.8, 4) is 5.75 Å². The van der Waals surface area contributed by atoms with Gasteiger partial charge in [0.15, 0.2) is 15.0 Å². The first-order valence-electron chi connectivity index (χ1n) is 10.9. The number of carbonyl (C=O) groups excluding carboxylic acids is 1. The molecule has 34 heavy (non-hydrogen) atoms. The zero-order chi connectivity index (χ0) is 24.3. The van der Waals surface area contributed by atoms with Crippen molar-refractivity contribution in [3.63, 3.8) is 0 Å². The van der Waals surface area contributed by atoms with Gasteiger partial charge in [-0.05, 0) is 49.2 Å². The minimum Gasteiger partial charge on any atom is -0.494 e. The highest BCUT2D eigenvalue weighted by Gasteiger charge is 2.23. The molecule has 1 amide bonds. The average Bonchev–Trinajstić information content (AvgIpc) is 3.53. The lowest BCUT2D eigenvalue weighted by Gasteiger charge is -2.20. The van der Waals surface area contributed by atoms with Crippen molar-refractivity contribution in [2.75, 3.05) is 24.3 Å². The summed E-state index contributed by atoms with van der Waals surface area (Å²) >= 11 is 1.44. The Morgan fingerprint density at radius 3 is 2.59 bits per heavy atom. The van der Waals surface area contributed by atoms with Crippen molar-refractivity contribution in [1.82, 2.24) is 14.5 Å². The van der Waals surface area contributed by atoms with Gasteiger partial charge in [-0.2, -0.15) is 0 Å². The number of sulfone groups is 1. The van der Waals surface area contributed by atoms with Gasteiger partial charge < -0.3 is 9.30 Å². The minimum atomic E-state index is -3.34. The van der Waals surface area contributed by atoms with Gasteiger partial charge in [0.2, 0.25) is 0 Å². The highest BCUT2D eigenvalue weighted by molar-refractivity contribution is 7.91. The van der Waals surface area contributed by atoms with Crippen LogP contribution in [-0.4, -0.2) is 48.3 Å². The summed E-state index contributed by atoms with van der Waals surface area (Å²) in [6.07, 6.45) is 6.03. The van der Waals surface area contributed by atoms with Gasteiger partial charge in [-0.25, -0.2) is 18.4 Å². The van der Waals surface area contributed by atoms with Crippen LogP contribution in [0, 0.1) is 6.92 Å². The third-order valence-corrected chi connectivity index (χ3v) is 8.55. The summed E-state index contributed by atoms with van der Waals surface area (Å²) in [4.78, 5) is 24.3. The minimum absolute atomic E-state index is 0.00750. The van der Waals surface area contributed by atoms with Crippen molar-refractivity contribution in [2.45, 2.75) is 31.7 Å². The van der Waals surface area contributed by atoms with Crippen molar-refractivity contribution < 1.29 is 17.9 Å². The second-order valence-electron chi connectivity index (χ2n) is 7.80. The smallest absolute Gasteiger partial charge is 0.260 e. The van der Waals surface area contributed by atoms with Crippen molar-refractivity contribution in [1.29, 1.82) is 0 Å². The summed E-state index contributed by atoms with van der Waals surface area (Å²) in [6.45, 7) is 4.74. The van der Waals surface area contributed by atoms with Crippen LogP contribution in [0.4, 0.5) is 5.13 Å². The number of nitrogens with zero attached hydrogens (tertiary/aromatic N) is 4. The van der Waals surface area contributed by atoms with Crippen LogP contribution in [0.25, 0.3) is 10.2 Å². The van der Waals surface area contributed by atoms with E-state index >= 15 is 0 Å². The van der Waals surface area contributed by atoms with Gasteiger partial charge in [0.05, 0.1) is 28.8 Å². The molecule has 0 unspecified atom stereocenters. The molecule has 4 aromatic rings. The number of anilines is 1. The van der Waals surface area contributed by atoms with Crippen molar-refractivity contribution in [2.24, 2.45) is 0 Å². The number of imidazole rings is 1. The first kappa shape index (κ1) is 23.9. The van der Waals surface area contributed by atoms with Gasteiger partial charge in [-0.3, -0.25) is 9.69 Å². The molecule has 8 nitrogen and oxygen atoms in total. The maximum Gasteiger partial charge on any atom is 0.260 e. The molecule has 0 saturated heterocycles. The van der Waals surface area contributed by atoms with Crippen molar-refractivity contribution >= 4 is 42.4 Å². The lowest BCUT2D eigenvalue weighted by atomic mass is 10.2. The molecule has 2 aromatic carbocycles. The maximum absolute atomic E-state index is 13.6.